The zero-order valence-corrected chi connectivity index (χ0v) is 14.0. The number of halogens is 1. The number of benzene rings is 1. The highest BCUT2D eigenvalue weighted by Gasteiger charge is 2.18. The van der Waals surface area contributed by atoms with Crippen molar-refractivity contribution >= 4 is 11.6 Å². The highest BCUT2D eigenvalue weighted by molar-refractivity contribution is 6.30. The van der Waals surface area contributed by atoms with E-state index < -0.39 is 6.10 Å². The molecule has 0 spiro atoms. The Morgan fingerprint density at radius 1 is 1.23 bits per heavy atom. The first-order valence-electron chi connectivity index (χ1n) is 8.00. The molecule has 1 aromatic carbocycles. The monoisotopic (exact) mass is 327 g/mol. The molecule has 1 fully saturated rings. The van der Waals surface area contributed by atoms with Crippen molar-refractivity contribution in [2.24, 2.45) is 5.92 Å². The van der Waals surface area contributed by atoms with Gasteiger partial charge >= 0.3 is 0 Å². The molecule has 1 heterocycles. The molecule has 4 nitrogen and oxygen atoms in total. The van der Waals surface area contributed by atoms with Gasteiger partial charge in [-0.2, -0.15) is 0 Å². The number of rotatable bonds is 8. The van der Waals surface area contributed by atoms with Crippen molar-refractivity contribution < 1.29 is 14.6 Å². The quantitative estimate of drug-likeness (QED) is 0.746. The lowest BCUT2D eigenvalue weighted by atomic mass is 9.99. The van der Waals surface area contributed by atoms with Crippen molar-refractivity contribution in [1.29, 1.82) is 0 Å². The first-order chi connectivity index (χ1) is 10.6. The molecule has 1 atom stereocenters. The summed E-state index contributed by atoms with van der Waals surface area (Å²) in [5.41, 5.74) is 0. The predicted molar refractivity (Wildman–Crippen MR) is 88.6 cm³/mol. The number of ether oxygens (including phenoxy) is 2. The van der Waals surface area contributed by atoms with Crippen LogP contribution in [0.5, 0.6) is 5.75 Å². The Bertz CT molecular complexity index is 418. The highest BCUT2D eigenvalue weighted by atomic mass is 35.5. The van der Waals surface area contributed by atoms with Crippen molar-refractivity contribution in [2.45, 2.75) is 25.9 Å². The molecule has 0 bridgehead atoms. The van der Waals surface area contributed by atoms with Gasteiger partial charge in [0, 0.05) is 11.6 Å². The van der Waals surface area contributed by atoms with Crippen molar-refractivity contribution in [3.8, 4) is 5.75 Å². The van der Waals surface area contributed by atoms with E-state index in [-0.39, 0.29) is 0 Å². The van der Waals surface area contributed by atoms with E-state index in [0.717, 1.165) is 24.8 Å². The molecule has 5 heteroatoms. The van der Waals surface area contributed by atoms with Gasteiger partial charge in [0.25, 0.3) is 0 Å². The molecule has 22 heavy (non-hydrogen) atoms. The van der Waals surface area contributed by atoms with E-state index in [1.807, 2.05) is 12.1 Å². The minimum absolute atomic E-state index is 0.357. The third kappa shape index (κ3) is 6.53. The molecular weight excluding hydrogens is 302 g/mol. The van der Waals surface area contributed by atoms with Crippen LogP contribution < -0.4 is 4.74 Å². The number of aliphatic hydroxyl groups excluding tert-OH is 1. The molecular formula is C17H26ClNO3. The van der Waals surface area contributed by atoms with Crippen molar-refractivity contribution in [2.75, 3.05) is 39.5 Å². The number of hydrogen-bond donors (Lipinski definition) is 1. The molecule has 1 unspecified atom stereocenters. The number of likely N-dealkylation sites (tertiary alicyclic amines) is 1. The molecule has 124 valence electrons. The number of aliphatic hydroxyl groups is 1. The standard InChI is InChI=1S/C17H26ClNO3/c1-14-6-8-19(9-7-14)12-16(20)13-21-10-11-22-17-4-2-15(18)3-5-17/h2-5,14,16,20H,6-13H2,1H3. The van der Waals surface area contributed by atoms with Crippen LogP contribution in [0.2, 0.25) is 5.02 Å². The van der Waals surface area contributed by atoms with E-state index in [2.05, 4.69) is 11.8 Å². The van der Waals surface area contributed by atoms with Gasteiger partial charge in [-0.15, -0.1) is 0 Å². The number of hydrogen-bond acceptors (Lipinski definition) is 4. The van der Waals surface area contributed by atoms with Gasteiger partial charge in [0.1, 0.15) is 12.4 Å². The van der Waals surface area contributed by atoms with E-state index in [4.69, 9.17) is 21.1 Å². The topological polar surface area (TPSA) is 41.9 Å². The molecule has 0 aliphatic carbocycles. The number of piperidine rings is 1. The second kappa shape index (κ2) is 9.36. The molecule has 1 N–H and O–H groups in total. The van der Waals surface area contributed by atoms with Gasteiger partial charge in [0.2, 0.25) is 0 Å². The average molecular weight is 328 g/mol. The first-order valence-corrected chi connectivity index (χ1v) is 8.38. The molecule has 0 amide bonds. The van der Waals surface area contributed by atoms with Crippen LogP contribution >= 0.6 is 11.6 Å². The zero-order chi connectivity index (χ0) is 15.8. The number of β-amino-alcohol motifs (C(OH)–C–C–N with tert-alkyl or cyclic N) is 1. The molecule has 0 saturated carbocycles. The van der Waals surface area contributed by atoms with Gasteiger partial charge < -0.3 is 19.5 Å². The van der Waals surface area contributed by atoms with E-state index in [0.29, 0.717) is 31.4 Å². The van der Waals surface area contributed by atoms with Crippen molar-refractivity contribution in [1.82, 2.24) is 4.90 Å². The smallest absolute Gasteiger partial charge is 0.119 e. The summed E-state index contributed by atoms with van der Waals surface area (Å²) in [7, 11) is 0. The summed E-state index contributed by atoms with van der Waals surface area (Å²) >= 11 is 5.81. The summed E-state index contributed by atoms with van der Waals surface area (Å²) < 4.78 is 11.0. The fourth-order valence-corrected chi connectivity index (χ4v) is 2.69. The van der Waals surface area contributed by atoms with Crippen LogP contribution in [0.25, 0.3) is 0 Å². The predicted octanol–water partition coefficient (Wildman–Crippen LogP) is 2.83. The van der Waals surface area contributed by atoms with Gasteiger partial charge in [0.05, 0.1) is 19.3 Å². The van der Waals surface area contributed by atoms with E-state index in [1.165, 1.54) is 12.8 Å². The number of nitrogens with zero attached hydrogens (tertiary/aromatic N) is 1. The van der Waals surface area contributed by atoms with Gasteiger partial charge in [-0.05, 0) is 56.1 Å². The summed E-state index contributed by atoms with van der Waals surface area (Å²) in [4.78, 5) is 2.32. The third-order valence-electron chi connectivity index (χ3n) is 3.97. The van der Waals surface area contributed by atoms with Crippen LogP contribution in [0.4, 0.5) is 0 Å². The lowest BCUT2D eigenvalue weighted by Gasteiger charge is -2.31. The second-order valence-corrected chi connectivity index (χ2v) is 6.45. The Labute approximate surface area is 138 Å². The first kappa shape index (κ1) is 17.5. The minimum atomic E-state index is -0.427. The van der Waals surface area contributed by atoms with E-state index in [1.54, 1.807) is 12.1 Å². The summed E-state index contributed by atoms with van der Waals surface area (Å²) in [5.74, 6) is 1.59. The highest BCUT2D eigenvalue weighted by Crippen LogP contribution is 2.16. The Hall–Kier alpha value is -0.810. The van der Waals surface area contributed by atoms with Crippen LogP contribution in [0.1, 0.15) is 19.8 Å². The van der Waals surface area contributed by atoms with Gasteiger partial charge in [0.15, 0.2) is 0 Å². The van der Waals surface area contributed by atoms with Crippen LogP contribution in [-0.2, 0) is 4.74 Å². The maximum Gasteiger partial charge on any atom is 0.119 e. The maximum atomic E-state index is 9.99. The van der Waals surface area contributed by atoms with Crippen LogP contribution in [0.3, 0.4) is 0 Å². The summed E-state index contributed by atoms with van der Waals surface area (Å²) in [6.45, 7) is 6.44. The molecule has 0 aromatic heterocycles. The molecule has 2 rings (SSSR count). The lowest BCUT2D eigenvalue weighted by Crippen LogP contribution is -2.40. The van der Waals surface area contributed by atoms with Gasteiger partial charge in [-0.25, -0.2) is 0 Å². The molecule has 0 radical (unpaired) electrons. The van der Waals surface area contributed by atoms with Crippen molar-refractivity contribution in [3.63, 3.8) is 0 Å². The summed E-state index contributed by atoms with van der Waals surface area (Å²) in [6.07, 6.45) is 2.02. The fourth-order valence-electron chi connectivity index (χ4n) is 2.56. The van der Waals surface area contributed by atoms with E-state index in [9.17, 15) is 5.11 Å². The normalized spacial score (nSPS) is 18.3. The summed E-state index contributed by atoms with van der Waals surface area (Å²) in [5, 5.41) is 10.7. The molecule has 1 aliphatic heterocycles. The lowest BCUT2D eigenvalue weighted by molar-refractivity contribution is 0.00333. The Balaban J connectivity index is 1.51. The Kier molecular flexibility index (Phi) is 7.46. The minimum Gasteiger partial charge on any atom is -0.491 e. The largest absolute Gasteiger partial charge is 0.491 e. The van der Waals surface area contributed by atoms with Crippen LogP contribution in [0.15, 0.2) is 24.3 Å². The molecule has 1 aromatic rings. The van der Waals surface area contributed by atoms with Crippen LogP contribution in [-0.4, -0.2) is 55.6 Å². The zero-order valence-electron chi connectivity index (χ0n) is 13.2. The van der Waals surface area contributed by atoms with Gasteiger partial charge in [-0.1, -0.05) is 18.5 Å². The maximum absolute atomic E-state index is 9.99. The van der Waals surface area contributed by atoms with Crippen LogP contribution in [0, 0.1) is 5.92 Å². The van der Waals surface area contributed by atoms with Gasteiger partial charge in [-0.3, -0.25) is 0 Å². The third-order valence-corrected chi connectivity index (χ3v) is 4.22. The second-order valence-electron chi connectivity index (χ2n) is 6.01. The molecule has 1 saturated heterocycles. The average Bonchev–Trinajstić information content (AvgIpc) is 2.51. The Morgan fingerprint density at radius 3 is 2.59 bits per heavy atom. The Morgan fingerprint density at radius 2 is 1.91 bits per heavy atom. The van der Waals surface area contributed by atoms with E-state index >= 15 is 0 Å². The fraction of sp³-hybridized carbons (Fsp3) is 0.647. The SMILES string of the molecule is CC1CCN(CC(O)COCCOc2ccc(Cl)cc2)CC1. The van der Waals surface area contributed by atoms with Crippen molar-refractivity contribution in [3.05, 3.63) is 29.3 Å². The summed E-state index contributed by atoms with van der Waals surface area (Å²) in [6, 6.07) is 7.24. The molecule has 1 aliphatic rings.